The zero-order valence-corrected chi connectivity index (χ0v) is 11.8. The van der Waals surface area contributed by atoms with E-state index in [1.165, 1.54) is 20.0 Å². The van der Waals surface area contributed by atoms with E-state index in [1.807, 2.05) is 25.1 Å². The van der Waals surface area contributed by atoms with Crippen LogP contribution in [0.3, 0.4) is 0 Å². The molecule has 108 valence electrons. The summed E-state index contributed by atoms with van der Waals surface area (Å²) in [6.45, 7) is 2.89. The predicted molar refractivity (Wildman–Crippen MR) is 72.7 cm³/mol. The Labute approximate surface area is 118 Å². The first-order chi connectivity index (χ1) is 9.63. The normalized spacial score (nSPS) is 19.5. The largest absolute Gasteiger partial charge is 0.467 e. The molecule has 5 nitrogen and oxygen atoms in total. The van der Waals surface area contributed by atoms with E-state index < -0.39 is 5.54 Å². The lowest BCUT2D eigenvalue weighted by atomic mass is 9.91. The van der Waals surface area contributed by atoms with Crippen LogP contribution in [0.15, 0.2) is 18.2 Å². The number of hydrogen-bond acceptors (Lipinski definition) is 5. The van der Waals surface area contributed by atoms with Crippen molar-refractivity contribution in [2.24, 2.45) is 5.92 Å². The molecule has 1 N–H and O–H groups in total. The lowest BCUT2D eigenvalue weighted by Gasteiger charge is -2.28. The molecule has 1 aliphatic carbocycles. The number of hydrogen-bond donors (Lipinski definition) is 1. The number of methoxy groups -OCH3 is 1. The summed E-state index contributed by atoms with van der Waals surface area (Å²) in [5.74, 6) is 1.76. The summed E-state index contributed by atoms with van der Waals surface area (Å²) in [5.41, 5.74) is -0.0348. The average Bonchev–Trinajstić information content (AvgIpc) is 3.19. The Kier molecular flexibility index (Phi) is 3.30. The van der Waals surface area contributed by atoms with Gasteiger partial charge in [-0.25, -0.2) is 4.79 Å². The Hall–Kier alpha value is -1.75. The van der Waals surface area contributed by atoms with Gasteiger partial charge in [-0.05, 0) is 49.9 Å². The van der Waals surface area contributed by atoms with Crippen LogP contribution in [0, 0.1) is 5.92 Å². The maximum absolute atomic E-state index is 12.2. The number of ether oxygens (including phenoxy) is 3. The molecule has 0 spiro atoms. The van der Waals surface area contributed by atoms with Crippen molar-refractivity contribution in [3.63, 3.8) is 0 Å². The molecule has 1 fully saturated rings. The van der Waals surface area contributed by atoms with Crippen LogP contribution < -0.4 is 14.8 Å². The van der Waals surface area contributed by atoms with Crippen LogP contribution in [0.4, 0.5) is 0 Å². The highest BCUT2D eigenvalue weighted by Gasteiger charge is 2.38. The smallest absolute Gasteiger partial charge is 0.330 e. The van der Waals surface area contributed by atoms with E-state index in [1.54, 1.807) is 0 Å². The number of benzene rings is 1. The van der Waals surface area contributed by atoms with Gasteiger partial charge in [0.25, 0.3) is 0 Å². The van der Waals surface area contributed by atoms with Gasteiger partial charge in [0, 0.05) is 0 Å². The molecule has 1 aromatic carbocycles. The zero-order chi connectivity index (χ0) is 14.2. The Morgan fingerprint density at radius 2 is 2.15 bits per heavy atom. The second-order valence-corrected chi connectivity index (χ2v) is 5.51. The van der Waals surface area contributed by atoms with Crippen molar-refractivity contribution in [2.45, 2.75) is 25.3 Å². The third-order valence-corrected chi connectivity index (χ3v) is 3.98. The summed E-state index contributed by atoms with van der Waals surface area (Å²) < 4.78 is 15.7. The molecule has 5 heteroatoms. The molecule has 1 unspecified atom stereocenters. The molecular weight excluding hydrogens is 258 g/mol. The van der Waals surface area contributed by atoms with Gasteiger partial charge in [-0.1, -0.05) is 6.07 Å². The van der Waals surface area contributed by atoms with Crippen LogP contribution >= 0.6 is 0 Å². The van der Waals surface area contributed by atoms with E-state index in [4.69, 9.17) is 14.2 Å². The van der Waals surface area contributed by atoms with Gasteiger partial charge in [0.15, 0.2) is 11.5 Å². The van der Waals surface area contributed by atoms with Gasteiger partial charge in [0.2, 0.25) is 6.79 Å². The molecule has 1 aliphatic heterocycles. The topological polar surface area (TPSA) is 56.8 Å². The van der Waals surface area contributed by atoms with Gasteiger partial charge in [-0.3, -0.25) is 5.32 Å². The molecule has 0 aromatic heterocycles. The van der Waals surface area contributed by atoms with Gasteiger partial charge in [-0.2, -0.15) is 0 Å². The maximum atomic E-state index is 12.2. The van der Waals surface area contributed by atoms with Crippen LogP contribution in [0.25, 0.3) is 0 Å². The molecule has 2 aliphatic rings. The van der Waals surface area contributed by atoms with Gasteiger partial charge < -0.3 is 14.2 Å². The Morgan fingerprint density at radius 1 is 1.40 bits per heavy atom. The number of nitrogens with one attached hydrogen (secondary N) is 1. The molecule has 0 saturated heterocycles. The number of rotatable bonds is 5. The van der Waals surface area contributed by atoms with Crippen molar-refractivity contribution in [1.82, 2.24) is 5.32 Å². The summed E-state index contributed by atoms with van der Waals surface area (Å²) in [7, 11) is 1.41. The van der Waals surface area contributed by atoms with Crippen molar-refractivity contribution >= 4 is 5.97 Å². The first kappa shape index (κ1) is 13.2. The highest BCUT2D eigenvalue weighted by molar-refractivity contribution is 5.82. The third kappa shape index (κ3) is 2.33. The van der Waals surface area contributed by atoms with E-state index >= 15 is 0 Å². The fraction of sp³-hybridized carbons (Fsp3) is 0.533. The lowest BCUT2D eigenvalue weighted by Crippen LogP contribution is -2.48. The first-order valence-corrected chi connectivity index (χ1v) is 6.87. The minimum absolute atomic E-state index is 0.225. The Balaban J connectivity index is 1.88. The first-order valence-electron chi connectivity index (χ1n) is 6.87. The Bertz CT molecular complexity index is 527. The van der Waals surface area contributed by atoms with Crippen molar-refractivity contribution in [1.29, 1.82) is 0 Å². The monoisotopic (exact) mass is 277 g/mol. The minimum Gasteiger partial charge on any atom is -0.467 e. The summed E-state index contributed by atoms with van der Waals surface area (Å²) in [6.07, 6.45) is 2.46. The quantitative estimate of drug-likeness (QED) is 0.832. The molecule has 1 saturated carbocycles. The van der Waals surface area contributed by atoms with Crippen molar-refractivity contribution in [3.8, 4) is 11.5 Å². The minimum atomic E-state index is -0.863. The van der Waals surface area contributed by atoms with Crippen molar-refractivity contribution in [2.75, 3.05) is 20.4 Å². The highest BCUT2D eigenvalue weighted by Crippen LogP contribution is 2.37. The SMILES string of the molecule is COC(=O)C(C)(NCC1CC1)c1ccc2c(c1)OCO2. The number of fused-ring (bicyclic) bond motifs is 1. The standard InChI is InChI=1S/C15H19NO4/c1-15(14(17)18-2,16-8-10-3-4-10)11-5-6-12-13(7-11)20-9-19-12/h5-7,10,16H,3-4,8-9H2,1-2H3. The fourth-order valence-corrected chi connectivity index (χ4v) is 2.37. The van der Waals surface area contributed by atoms with Gasteiger partial charge in [-0.15, -0.1) is 0 Å². The molecule has 1 atom stereocenters. The number of carbonyl (C=O) groups is 1. The van der Waals surface area contributed by atoms with E-state index in [0.29, 0.717) is 17.4 Å². The molecule has 1 aromatic rings. The molecule has 3 rings (SSSR count). The second-order valence-electron chi connectivity index (χ2n) is 5.51. The fourth-order valence-electron chi connectivity index (χ4n) is 2.37. The summed E-state index contributed by atoms with van der Waals surface area (Å²) in [5, 5.41) is 3.35. The van der Waals surface area contributed by atoms with Crippen LogP contribution in [0.2, 0.25) is 0 Å². The average molecular weight is 277 g/mol. The highest BCUT2D eigenvalue weighted by atomic mass is 16.7. The summed E-state index contributed by atoms with van der Waals surface area (Å²) >= 11 is 0. The molecular formula is C15H19NO4. The Morgan fingerprint density at radius 3 is 2.85 bits per heavy atom. The third-order valence-electron chi connectivity index (χ3n) is 3.98. The van der Waals surface area contributed by atoms with Crippen LogP contribution in [-0.4, -0.2) is 26.4 Å². The predicted octanol–water partition coefficient (Wildman–Crippen LogP) is 1.80. The lowest BCUT2D eigenvalue weighted by molar-refractivity contribution is -0.148. The number of esters is 1. The molecule has 20 heavy (non-hydrogen) atoms. The van der Waals surface area contributed by atoms with E-state index in [-0.39, 0.29) is 12.8 Å². The molecule has 0 bridgehead atoms. The van der Waals surface area contributed by atoms with Gasteiger partial charge >= 0.3 is 5.97 Å². The summed E-state index contributed by atoms with van der Waals surface area (Å²) in [4.78, 5) is 12.2. The summed E-state index contributed by atoms with van der Waals surface area (Å²) in [6, 6.07) is 5.56. The number of carbonyl (C=O) groups excluding carboxylic acids is 1. The van der Waals surface area contributed by atoms with Gasteiger partial charge in [0.1, 0.15) is 5.54 Å². The van der Waals surface area contributed by atoms with Crippen LogP contribution in [0.5, 0.6) is 11.5 Å². The van der Waals surface area contributed by atoms with E-state index in [2.05, 4.69) is 5.32 Å². The van der Waals surface area contributed by atoms with Crippen LogP contribution in [-0.2, 0) is 15.1 Å². The van der Waals surface area contributed by atoms with Gasteiger partial charge in [0.05, 0.1) is 7.11 Å². The molecule has 0 amide bonds. The maximum Gasteiger partial charge on any atom is 0.330 e. The van der Waals surface area contributed by atoms with E-state index in [0.717, 1.165) is 12.1 Å². The van der Waals surface area contributed by atoms with Crippen molar-refractivity contribution < 1.29 is 19.0 Å². The second kappa shape index (κ2) is 4.98. The van der Waals surface area contributed by atoms with E-state index in [9.17, 15) is 4.79 Å². The van der Waals surface area contributed by atoms with Crippen molar-refractivity contribution in [3.05, 3.63) is 23.8 Å². The van der Waals surface area contributed by atoms with Crippen LogP contribution in [0.1, 0.15) is 25.3 Å². The zero-order valence-electron chi connectivity index (χ0n) is 11.8. The molecule has 0 radical (unpaired) electrons. The molecule has 1 heterocycles.